The maximum Gasteiger partial charge on any atom is 0.335 e. The van der Waals surface area contributed by atoms with Gasteiger partial charge >= 0.3 is 23.9 Å². The SMILES string of the molecule is CC/C=C\C/C=C\C/C=C\C/C=C\CCCCCCCCC(=O)OC1C(OCC(COC(=O)CCCCCCCCC/C=C\CCCCCCCC)OC(=O)CCCCCCC/C=C\CCCCCCCC)OC(C(=O)O)C(O)C1O. The van der Waals surface area contributed by atoms with Crippen molar-refractivity contribution in [3.05, 3.63) is 72.9 Å². The molecule has 1 rings (SSSR count). The summed E-state index contributed by atoms with van der Waals surface area (Å²) in [5.41, 5.74) is 0. The predicted molar refractivity (Wildman–Crippen MR) is 331 cm³/mol. The Labute approximate surface area is 493 Å². The Balaban J connectivity index is 2.66. The molecule has 6 atom stereocenters. The summed E-state index contributed by atoms with van der Waals surface area (Å²) >= 11 is 0. The molecule has 0 radical (unpaired) electrons. The zero-order valence-electron chi connectivity index (χ0n) is 51.5. The number of aliphatic hydroxyl groups is 2. The molecule has 466 valence electrons. The number of aliphatic carboxylic acids is 1. The van der Waals surface area contributed by atoms with Gasteiger partial charge in [0.1, 0.15) is 18.8 Å². The van der Waals surface area contributed by atoms with Crippen molar-refractivity contribution in [1.82, 2.24) is 0 Å². The van der Waals surface area contributed by atoms with E-state index in [2.05, 4.69) is 93.7 Å². The van der Waals surface area contributed by atoms with Gasteiger partial charge in [-0.25, -0.2) is 4.79 Å². The molecule has 0 aromatic heterocycles. The third-order valence-corrected chi connectivity index (χ3v) is 14.7. The van der Waals surface area contributed by atoms with Crippen molar-refractivity contribution >= 4 is 23.9 Å². The van der Waals surface area contributed by atoms with Crippen LogP contribution in [0.2, 0.25) is 0 Å². The van der Waals surface area contributed by atoms with Gasteiger partial charge in [-0.2, -0.15) is 0 Å². The van der Waals surface area contributed by atoms with Crippen molar-refractivity contribution in [2.45, 2.75) is 327 Å². The predicted octanol–water partition coefficient (Wildman–Crippen LogP) is 17.7. The van der Waals surface area contributed by atoms with Crippen molar-refractivity contribution in [2.75, 3.05) is 13.2 Å². The lowest BCUT2D eigenvalue weighted by atomic mass is 9.98. The van der Waals surface area contributed by atoms with Crippen LogP contribution in [0.3, 0.4) is 0 Å². The van der Waals surface area contributed by atoms with E-state index in [0.717, 1.165) is 128 Å². The first-order valence-corrected chi connectivity index (χ1v) is 32.9. The third-order valence-electron chi connectivity index (χ3n) is 14.7. The van der Waals surface area contributed by atoms with E-state index in [0.29, 0.717) is 19.3 Å². The van der Waals surface area contributed by atoms with E-state index in [-0.39, 0.29) is 25.9 Å². The first kappa shape index (κ1) is 75.2. The number of ether oxygens (including phenoxy) is 5. The Bertz CT molecular complexity index is 1680. The Morgan fingerprint density at radius 3 is 1.20 bits per heavy atom. The number of carboxylic acids is 1. The summed E-state index contributed by atoms with van der Waals surface area (Å²) in [7, 11) is 0. The van der Waals surface area contributed by atoms with E-state index in [1.807, 2.05) is 0 Å². The number of aliphatic hydroxyl groups excluding tert-OH is 2. The van der Waals surface area contributed by atoms with Gasteiger partial charge in [-0.3, -0.25) is 14.4 Å². The quantitative estimate of drug-likeness (QED) is 0.0228. The lowest BCUT2D eigenvalue weighted by molar-refractivity contribution is -0.301. The molecule has 12 heteroatoms. The summed E-state index contributed by atoms with van der Waals surface area (Å²) < 4.78 is 28.5. The van der Waals surface area contributed by atoms with E-state index in [4.69, 9.17) is 23.7 Å². The van der Waals surface area contributed by atoms with Crippen molar-refractivity contribution < 1.29 is 58.2 Å². The number of rotatable bonds is 56. The fourth-order valence-corrected chi connectivity index (χ4v) is 9.70. The average molecular weight is 1140 g/mol. The van der Waals surface area contributed by atoms with Gasteiger partial charge in [0.05, 0.1) is 6.61 Å². The molecule has 0 bridgehead atoms. The maximum absolute atomic E-state index is 13.2. The number of carboxylic acid groups (broad SMARTS) is 1. The van der Waals surface area contributed by atoms with Crippen LogP contribution in [-0.4, -0.2) is 89.2 Å². The Morgan fingerprint density at radius 2 is 0.778 bits per heavy atom. The second-order valence-corrected chi connectivity index (χ2v) is 22.4. The van der Waals surface area contributed by atoms with E-state index in [1.54, 1.807) is 0 Å². The van der Waals surface area contributed by atoms with Gasteiger partial charge in [-0.05, 0) is 109 Å². The molecule has 1 aliphatic rings. The van der Waals surface area contributed by atoms with E-state index in [9.17, 15) is 34.5 Å². The molecular weight excluding hydrogens is 1020 g/mol. The lowest BCUT2D eigenvalue weighted by Crippen LogP contribution is -2.61. The van der Waals surface area contributed by atoms with Crippen LogP contribution < -0.4 is 0 Å². The molecule has 0 aromatic rings. The number of carbonyl (C=O) groups excluding carboxylic acids is 3. The fourth-order valence-electron chi connectivity index (χ4n) is 9.70. The summed E-state index contributed by atoms with van der Waals surface area (Å²) in [4.78, 5) is 51.3. The lowest BCUT2D eigenvalue weighted by Gasteiger charge is -2.40. The molecule has 1 aliphatic heterocycles. The second kappa shape index (κ2) is 56.6. The Hall–Kier alpha value is -3.84. The minimum absolute atomic E-state index is 0.0418. The van der Waals surface area contributed by atoms with E-state index in [1.165, 1.54) is 103 Å². The number of hydrogen-bond acceptors (Lipinski definition) is 11. The first-order valence-electron chi connectivity index (χ1n) is 32.9. The van der Waals surface area contributed by atoms with Crippen molar-refractivity contribution in [1.29, 1.82) is 0 Å². The van der Waals surface area contributed by atoms with Crippen LogP contribution in [0.1, 0.15) is 290 Å². The molecule has 1 fully saturated rings. The summed E-state index contributed by atoms with van der Waals surface area (Å²) in [5, 5.41) is 31.6. The van der Waals surface area contributed by atoms with Gasteiger partial charge in [0.25, 0.3) is 0 Å². The van der Waals surface area contributed by atoms with Gasteiger partial charge in [0, 0.05) is 19.3 Å². The topological polar surface area (TPSA) is 175 Å². The fraction of sp³-hybridized carbons (Fsp3) is 0.768. The number of allylic oxidation sites excluding steroid dienone is 12. The van der Waals surface area contributed by atoms with Crippen LogP contribution in [0.25, 0.3) is 0 Å². The highest BCUT2D eigenvalue weighted by atomic mass is 16.7. The van der Waals surface area contributed by atoms with Gasteiger partial charge in [0.15, 0.2) is 24.6 Å². The Kier molecular flexibility index (Phi) is 52.6. The zero-order valence-corrected chi connectivity index (χ0v) is 51.5. The second-order valence-electron chi connectivity index (χ2n) is 22.4. The monoisotopic (exact) mass is 1140 g/mol. The molecule has 1 saturated heterocycles. The smallest absolute Gasteiger partial charge is 0.335 e. The number of hydrogen-bond donors (Lipinski definition) is 3. The summed E-state index contributed by atoms with van der Waals surface area (Å²) in [5.74, 6) is -3.14. The highest BCUT2D eigenvalue weighted by Crippen LogP contribution is 2.27. The van der Waals surface area contributed by atoms with Crippen molar-refractivity contribution in [3.8, 4) is 0 Å². The molecule has 12 nitrogen and oxygen atoms in total. The minimum Gasteiger partial charge on any atom is -0.479 e. The minimum atomic E-state index is -1.91. The highest BCUT2D eigenvalue weighted by molar-refractivity contribution is 5.74. The molecule has 0 spiro atoms. The summed E-state index contributed by atoms with van der Waals surface area (Å²) in [6, 6.07) is 0. The molecule has 6 unspecified atom stereocenters. The normalized spacial score (nSPS) is 18.2. The standard InChI is InChI=1S/C69H118O12/c1-4-7-10-13-16-19-22-25-28-30-31-33-36-39-42-45-48-51-54-57-63(72)80-67-65(74)64(73)66(68(75)76)81-69(67)78-59-60(79-62(71)56-53-50-47-44-41-38-34-27-24-21-18-15-12-9-6-3)58-77-61(70)55-52-49-46-43-40-37-35-32-29-26-23-20-17-14-11-8-5-2/h7,10,16,19,25-29,31,33-34,60,64-67,69,73-74H,4-6,8-9,11-15,17-18,20-24,30,32,35-59H2,1-3H3,(H,75,76)/b10-7-,19-16-,28-25-,29-26-,33-31-,34-27-. The van der Waals surface area contributed by atoms with E-state index >= 15 is 0 Å². The number of esters is 3. The van der Waals surface area contributed by atoms with Gasteiger partial charge in [0.2, 0.25) is 0 Å². The molecule has 3 N–H and O–H groups in total. The zero-order chi connectivity index (χ0) is 58.9. The third kappa shape index (κ3) is 46.3. The first-order chi connectivity index (χ1) is 39.6. The highest BCUT2D eigenvalue weighted by Gasteiger charge is 2.50. The molecule has 81 heavy (non-hydrogen) atoms. The number of unbranched alkanes of at least 4 members (excludes halogenated alkanes) is 30. The van der Waals surface area contributed by atoms with Crippen molar-refractivity contribution in [2.24, 2.45) is 0 Å². The van der Waals surface area contributed by atoms with Gasteiger partial charge in [-0.15, -0.1) is 0 Å². The van der Waals surface area contributed by atoms with Crippen LogP contribution in [0.15, 0.2) is 72.9 Å². The van der Waals surface area contributed by atoms with Gasteiger partial charge in [-0.1, -0.05) is 235 Å². The molecular formula is C69H118O12. The largest absolute Gasteiger partial charge is 0.479 e. The Morgan fingerprint density at radius 1 is 0.420 bits per heavy atom. The number of carbonyl (C=O) groups is 4. The van der Waals surface area contributed by atoms with Crippen LogP contribution >= 0.6 is 0 Å². The molecule has 0 saturated carbocycles. The summed E-state index contributed by atoms with van der Waals surface area (Å²) in [6.07, 6.45) is 59.9. The molecule has 0 amide bonds. The molecule has 1 heterocycles. The van der Waals surface area contributed by atoms with Gasteiger partial charge < -0.3 is 39.0 Å². The van der Waals surface area contributed by atoms with Crippen LogP contribution in [-0.2, 0) is 42.9 Å². The summed E-state index contributed by atoms with van der Waals surface area (Å²) in [6.45, 7) is 5.89. The maximum atomic E-state index is 13.2. The van der Waals surface area contributed by atoms with Crippen LogP contribution in [0, 0.1) is 0 Å². The molecule has 0 aliphatic carbocycles. The average Bonchev–Trinajstić information content (AvgIpc) is 3.54. The molecule has 0 aromatic carbocycles. The van der Waals surface area contributed by atoms with E-state index < -0.39 is 67.3 Å². The van der Waals surface area contributed by atoms with Crippen molar-refractivity contribution in [3.63, 3.8) is 0 Å². The van der Waals surface area contributed by atoms with Crippen LogP contribution in [0.5, 0.6) is 0 Å². The van der Waals surface area contributed by atoms with Crippen LogP contribution in [0.4, 0.5) is 0 Å².